The number of rotatable bonds is 5. The third-order valence-electron chi connectivity index (χ3n) is 6.12. The summed E-state index contributed by atoms with van der Waals surface area (Å²) in [6, 6.07) is 12.2. The van der Waals surface area contributed by atoms with Crippen molar-refractivity contribution in [2.24, 2.45) is 0 Å². The average molecular weight is 459 g/mol. The normalized spacial score (nSPS) is 15.4. The summed E-state index contributed by atoms with van der Waals surface area (Å²) in [7, 11) is 1.70. The van der Waals surface area contributed by atoms with Gasteiger partial charge in [0.15, 0.2) is 11.5 Å². The Kier molecular flexibility index (Phi) is 5.31. The molecule has 2 aliphatic heterocycles. The molecule has 0 atom stereocenters. The summed E-state index contributed by atoms with van der Waals surface area (Å²) in [6.45, 7) is 4.61. The quantitative estimate of drug-likeness (QED) is 0.467. The Hall–Kier alpha value is -3.98. The molecular weight excluding hydrogens is 432 g/mol. The lowest BCUT2D eigenvalue weighted by molar-refractivity contribution is 0.122. The van der Waals surface area contributed by atoms with Crippen LogP contribution in [0.15, 0.2) is 55.0 Å². The van der Waals surface area contributed by atoms with Crippen LogP contribution in [-0.4, -0.2) is 60.9 Å². The van der Waals surface area contributed by atoms with Crippen LogP contribution in [0.1, 0.15) is 0 Å². The van der Waals surface area contributed by atoms with Gasteiger partial charge in [-0.25, -0.2) is 9.97 Å². The zero-order valence-corrected chi connectivity index (χ0v) is 19.0. The number of hydrogen-bond acceptors (Lipinski definition) is 8. The van der Waals surface area contributed by atoms with E-state index in [2.05, 4.69) is 32.7 Å². The summed E-state index contributed by atoms with van der Waals surface area (Å²) in [5.41, 5.74) is 5.50. The molecule has 0 saturated carbocycles. The van der Waals surface area contributed by atoms with Gasteiger partial charge in [0, 0.05) is 55.5 Å². The van der Waals surface area contributed by atoms with Gasteiger partial charge >= 0.3 is 0 Å². The molecular formula is C25H26N6O3. The molecule has 4 aromatic rings. The van der Waals surface area contributed by atoms with Gasteiger partial charge < -0.3 is 34.1 Å². The first kappa shape index (κ1) is 20.6. The fourth-order valence-corrected chi connectivity index (χ4v) is 4.41. The van der Waals surface area contributed by atoms with E-state index in [0.29, 0.717) is 12.4 Å². The molecule has 1 fully saturated rings. The van der Waals surface area contributed by atoms with Crippen LogP contribution in [-0.2, 0) is 4.74 Å². The average Bonchev–Trinajstić information content (AvgIpc) is 3.38. The van der Waals surface area contributed by atoms with Crippen molar-refractivity contribution >= 4 is 28.5 Å². The highest BCUT2D eigenvalue weighted by Crippen LogP contribution is 2.35. The van der Waals surface area contributed by atoms with Crippen LogP contribution in [0.4, 0.5) is 22.9 Å². The fraction of sp³-hybridized carbons (Fsp3) is 0.280. The van der Waals surface area contributed by atoms with Gasteiger partial charge in [0.2, 0.25) is 0 Å². The second kappa shape index (κ2) is 8.75. The third kappa shape index (κ3) is 3.84. The second-order valence-corrected chi connectivity index (χ2v) is 8.23. The maximum Gasteiger partial charge on any atom is 0.180 e. The largest absolute Gasteiger partial charge is 0.495 e. The predicted octanol–water partition coefficient (Wildman–Crippen LogP) is 3.79. The fourth-order valence-electron chi connectivity index (χ4n) is 4.41. The van der Waals surface area contributed by atoms with Crippen LogP contribution >= 0.6 is 0 Å². The van der Waals surface area contributed by atoms with E-state index >= 15 is 0 Å². The van der Waals surface area contributed by atoms with Crippen molar-refractivity contribution in [3.05, 3.63) is 55.0 Å². The van der Waals surface area contributed by atoms with Crippen LogP contribution in [0.2, 0.25) is 0 Å². The molecule has 6 rings (SSSR count). The Balaban J connectivity index is 1.35. The molecule has 0 unspecified atom stereocenters. The van der Waals surface area contributed by atoms with Crippen molar-refractivity contribution in [2.45, 2.75) is 0 Å². The first-order chi connectivity index (χ1) is 16.8. The first-order valence-corrected chi connectivity index (χ1v) is 11.4. The lowest BCUT2D eigenvalue weighted by Crippen LogP contribution is -2.36. The molecule has 2 N–H and O–H groups in total. The Bertz CT molecular complexity index is 1330. The number of fused-ring (bicyclic) bond motifs is 2. The van der Waals surface area contributed by atoms with Gasteiger partial charge in [0.25, 0.3) is 0 Å². The predicted molar refractivity (Wildman–Crippen MR) is 132 cm³/mol. The smallest absolute Gasteiger partial charge is 0.180 e. The van der Waals surface area contributed by atoms with E-state index in [4.69, 9.17) is 19.2 Å². The van der Waals surface area contributed by atoms with Crippen molar-refractivity contribution in [1.29, 1.82) is 0 Å². The number of imidazole rings is 1. The number of ether oxygens (including phenoxy) is 3. The molecule has 174 valence electrons. The first-order valence-electron chi connectivity index (χ1n) is 11.4. The molecule has 2 aromatic heterocycles. The zero-order chi connectivity index (χ0) is 22.9. The Morgan fingerprint density at radius 1 is 1.09 bits per heavy atom. The minimum atomic E-state index is 0.672. The van der Waals surface area contributed by atoms with Gasteiger partial charge in [-0.1, -0.05) is 0 Å². The molecule has 4 heterocycles. The van der Waals surface area contributed by atoms with Crippen LogP contribution in [0.3, 0.4) is 0 Å². The minimum absolute atomic E-state index is 0.672. The molecule has 34 heavy (non-hydrogen) atoms. The van der Waals surface area contributed by atoms with Gasteiger partial charge in [-0.05, 0) is 30.3 Å². The standard InChI is InChI=1S/C25H26N6O3/c1-32-23-15-18(3-4-21(23)30-9-12-33-13-10-30)28-24-25-27-6-8-31(25)16-20(29-24)17-2-5-22-19(14-17)26-7-11-34-22/h2-6,8,14-16,26H,7,9-13H2,1H3,(H,28,29). The number of morpholine rings is 1. The molecule has 2 aromatic carbocycles. The summed E-state index contributed by atoms with van der Waals surface area (Å²) in [5.74, 6) is 2.35. The zero-order valence-electron chi connectivity index (χ0n) is 19.0. The monoisotopic (exact) mass is 458 g/mol. The third-order valence-corrected chi connectivity index (χ3v) is 6.12. The number of nitrogens with one attached hydrogen (secondary N) is 2. The Labute approximate surface area is 197 Å². The van der Waals surface area contributed by atoms with E-state index in [-0.39, 0.29) is 0 Å². The highest BCUT2D eigenvalue weighted by Gasteiger charge is 2.17. The highest BCUT2D eigenvalue weighted by atomic mass is 16.5. The lowest BCUT2D eigenvalue weighted by Gasteiger charge is -2.30. The summed E-state index contributed by atoms with van der Waals surface area (Å²) < 4.78 is 18.9. The van der Waals surface area contributed by atoms with Gasteiger partial charge in [-0.15, -0.1) is 0 Å². The van der Waals surface area contributed by atoms with E-state index in [0.717, 1.165) is 78.3 Å². The van der Waals surface area contributed by atoms with E-state index < -0.39 is 0 Å². The van der Waals surface area contributed by atoms with Gasteiger partial charge in [-0.3, -0.25) is 0 Å². The number of benzene rings is 2. The second-order valence-electron chi connectivity index (χ2n) is 8.23. The van der Waals surface area contributed by atoms with Crippen molar-refractivity contribution < 1.29 is 14.2 Å². The molecule has 2 aliphatic rings. The molecule has 0 amide bonds. The van der Waals surface area contributed by atoms with Crippen molar-refractivity contribution in [3.63, 3.8) is 0 Å². The van der Waals surface area contributed by atoms with Crippen LogP contribution in [0.25, 0.3) is 16.9 Å². The lowest BCUT2D eigenvalue weighted by atomic mass is 10.1. The van der Waals surface area contributed by atoms with E-state index in [1.54, 1.807) is 13.3 Å². The molecule has 0 spiro atoms. The highest BCUT2D eigenvalue weighted by molar-refractivity contribution is 5.77. The minimum Gasteiger partial charge on any atom is -0.495 e. The summed E-state index contributed by atoms with van der Waals surface area (Å²) in [5, 5.41) is 6.84. The molecule has 9 nitrogen and oxygen atoms in total. The maximum atomic E-state index is 5.72. The van der Waals surface area contributed by atoms with Gasteiger partial charge in [-0.2, -0.15) is 0 Å². The van der Waals surface area contributed by atoms with Crippen molar-refractivity contribution in [3.8, 4) is 22.8 Å². The number of methoxy groups -OCH3 is 1. The van der Waals surface area contributed by atoms with E-state index in [9.17, 15) is 0 Å². The van der Waals surface area contributed by atoms with Crippen molar-refractivity contribution in [2.75, 3.05) is 62.1 Å². The van der Waals surface area contributed by atoms with Crippen molar-refractivity contribution in [1.82, 2.24) is 14.4 Å². The van der Waals surface area contributed by atoms with E-state index in [1.165, 1.54) is 0 Å². The number of aromatic nitrogens is 3. The maximum absolute atomic E-state index is 5.72. The number of hydrogen-bond donors (Lipinski definition) is 2. The molecule has 0 radical (unpaired) electrons. The molecule has 0 aliphatic carbocycles. The van der Waals surface area contributed by atoms with Gasteiger partial charge in [0.05, 0.1) is 37.4 Å². The SMILES string of the molecule is COc1cc(Nc2nc(-c3ccc4c(c3)NCCO4)cn3ccnc23)ccc1N1CCOCC1. The topological polar surface area (TPSA) is 85.2 Å². The van der Waals surface area contributed by atoms with Crippen LogP contribution < -0.4 is 25.0 Å². The summed E-state index contributed by atoms with van der Waals surface area (Å²) >= 11 is 0. The van der Waals surface area contributed by atoms with Crippen LogP contribution in [0.5, 0.6) is 11.5 Å². The molecule has 0 bridgehead atoms. The Morgan fingerprint density at radius 3 is 2.88 bits per heavy atom. The number of anilines is 4. The summed E-state index contributed by atoms with van der Waals surface area (Å²) in [6.07, 6.45) is 5.69. The number of nitrogens with zero attached hydrogens (tertiary/aromatic N) is 4. The molecule has 9 heteroatoms. The van der Waals surface area contributed by atoms with Crippen LogP contribution in [0, 0.1) is 0 Å². The summed E-state index contributed by atoms with van der Waals surface area (Å²) in [4.78, 5) is 11.7. The molecule has 1 saturated heterocycles. The van der Waals surface area contributed by atoms with E-state index in [1.807, 2.05) is 41.1 Å². The van der Waals surface area contributed by atoms with Gasteiger partial charge in [0.1, 0.15) is 18.1 Å². The Morgan fingerprint density at radius 2 is 2.00 bits per heavy atom.